The summed E-state index contributed by atoms with van der Waals surface area (Å²) in [5.74, 6) is -2.19. The Morgan fingerprint density at radius 2 is 1.79 bits per heavy atom. The summed E-state index contributed by atoms with van der Waals surface area (Å²) in [6.45, 7) is 9.87. The van der Waals surface area contributed by atoms with E-state index in [0.717, 1.165) is 56.6 Å². The fourth-order valence-electron chi connectivity index (χ4n) is 5.56. The SMILES string of the molecule is CCCCC1(OCSC)CCC2(CCC(C)C(C/C=C(C)/C=C/C(O)C(C)/C=C/C(=O)O)O2)OC1/C=C/C(C)=C/C(=O)O. The molecule has 0 amide bonds. The predicted octanol–water partition coefficient (Wildman–Crippen LogP) is 7.06. The van der Waals surface area contributed by atoms with E-state index in [2.05, 4.69) is 19.9 Å². The molecular weight excluding hydrogens is 568 g/mol. The van der Waals surface area contributed by atoms with Gasteiger partial charge in [-0.3, -0.25) is 0 Å². The van der Waals surface area contributed by atoms with Crippen molar-refractivity contribution in [3.63, 3.8) is 0 Å². The lowest BCUT2D eigenvalue weighted by molar-refractivity contribution is -0.346. The van der Waals surface area contributed by atoms with Gasteiger partial charge in [0.2, 0.25) is 0 Å². The highest BCUT2D eigenvalue weighted by atomic mass is 32.2. The summed E-state index contributed by atoms with van der Waals surface area (Å²) in [7, 11) is 0. The summed E-state index contributed by atoms with van der Waals surface area (Å²) < 4.78 is 20.2. The highest BCUT2D eigenvalue weighted by molar-refractivity contribution is 7.98. The van der Waals surface area contributed by atoms with E-state index in [1.165, 1.54) is 12.2 Å². The number of thioether (sulfide) groups is 1. The molecule has 7 unspecified atom stereocenters. The van der Waals surface area contributed by atoms with Gasteiger partial charge >= 0.3 is 11.9 Å². The lowest BCUT2D eigenvalue weighted by atomic mass is 9.78. The largest absolute Gasteiger partial charge is 0.478 e. The van der Waals surface area contributed by atoms with Crippen LogP contribution in [0.25, 0.3) is 0 Å². The fraction of sp³-hybridized carbons (Fsp3) is 0.647. The van der Waals surface area contributed by atoms with E-state index in [0.29, 0.717) is 23.9 Å². The van der Waals surface area contributed by atoms with Crippen LogP contribution < -0.4 is 0 Å². The first-order chi connectivity index (χ1) is 20.3. The Labute approximate surface area is 261 Å². The van der Waals surface area contributed by atoms with Gasteiger partial charge in [-0.1, -0.05) is 75.6 Å². The molecule has 7 atom stereocenters. The molecule has 2 heterocycles. The van der Waals surface area contributed by atoms with Crippen LogP contribution in [0.2, 0.25) is 0 Å². The Morgan fingerprint density at radius 3 is 2.44 bits per heavy atom. The second-order valence-electron chi connectivity index (χ2n) is 12.0. The second-order valence-corrected chi connectivity index (χ2v) is 12.8. The number of carboxylic acids is 2. The van der Waals surface area contributed by atoms with Gasteiger partial charge in [-0.15, -0.1) is 11.8 Å². The number of carboxylic acid groups (broad SMARTS) is 2. The molecule has 2 rings (SSSR count). The van der Waals surface area contributed by atoms with Gasteiger partial charge in [0.1, 0.15) is 6.10 Å². The van der Waals surface area contributed by atoms with Crippen LogP contribution in [-0.2, 0) is 23.8 Å². The lowest BCUT2D eigenvalue weighted by Gasteiger charge is -2.53. The summed E-state index contributed by atoms with van der Waals surface area (Å²) in [6.07, 6.45) is 20.8. The number of aliphatic carboxylic acids is 2. The summed E-state index contributed by atoms with van der Waals surface area (Å²) in [5.41, 5.74) is 1.11. The van der Waals surface area contributed by atoms with Crippen LogP contribution in [0.4, 0.5) is 0 Å². The number of rotatable bonds is 16. The minimum atomic E-state index is -1.04. The van der Waals surface area contributed by atoms with E-state index in [4.69, 9.17) is 19.3 Å². The third-order valence-corrected chi connectivity index (χ3v) is 8.74. The van der Waals surface area contributed by atoms with Gasteiger partial charge in [0, 0.05) is 30.9 Å². The number of aliphatic hydroxyl groups is 1. The van der Waals surface area contributed by atoms with E-state index in [1.54, 1.807) is 31.7 Å². The predicted molar refractivity (Wildman–Crippen MR) is 172 cm³/mol. The van der Waals surface area contributed by atoms with Crippen LogP contribution in [0.15, 0.2) is 59.8 Å². The van der Waals surface area contributed by atoms with Crippen molar-refractivity contribution in [2.75, 3.05) is 12.2 Å². The van der Waals surface area contributed by atoms with E-state index >= 15 is 0 Å². The van der Waals surface area contributed by atoms with Crippen LogP contribution in [0.5, 0.6) is 0 Å². The van der Waals surface area contributed by atoms with Gasteiger partial charge < -0.3 is 29.5 Å². The average molecular weight is 621 g/mol. The zero-order valence-corrected chi connectivity index (χ0v) is 27.5. The summed E-state index contributed by atoms with van der Waals surface area (Å²) in [4.78, 5) is 22.0. The van der Waals surface area contributed by atoms with Crippen molar-refractivity contribution < 1.29 is 39.1 Å². The van der Waals surface area contributed by atoms with Gasteiger partial charge in [-0.2, -0.15) is 0 Å². The quantitative estimate of drug-likeness (QED) is 0.0945. The number of allylic oxidation sites excluding steroid dienone is 4. The van der Waals surface area contributed by atoms with E-state index < -0.39 is 29.4 Å². The normalized spacial score (nSPS) is 30.4. The van der Waals surface area contributed by atoms with Crippen molar-refractivity contribution in [1.82, 2.24) is 0 Å². The molecule has 3 N–H and O–H groups in total. The standard InChI is InChI=1S/C34H52O8S/c1-7-8-18-33(40-23-43-6)20-21-34(42-30(33)15-11-25(3)22-32(38)39)19-17-27(5)29(41-34)14-10-24(2)9-13-28(35)26(4)12-16-31(36)37/h9-13,15-16,22,26-30,35H,7-8,14,17-21,23H2,1-6H3,(H,36,37)(H,38,39)/b13-9+,15-11+,16-12+,24-10+,25-22+. The molecular formula is C34H52O8S. The number of aliphatic hydroxyl groups excluding tert-OH is 1. The first kappa shape index (κ1) is 37.0. The smallest absolute Gasteiger partial charge is 0.328 e. The Kier molecular flexibility index (Phi) is 15.5. The molecule has 242 valence electrons. The summed E-state index contributed by atoms with van der Waals surface area (Å²) in [6, 6.07) is 0. The van der Waals surface area contributed by atoms with Gasteiger partial charge in [0.25, 0.3) is 0 Å². The molecule has 0 saturated carbocycles. The van der Waals surface area contributed by atoms with Crippen molar-refractivity contribution in [2.45, 2.75) is 116 Å². The third kappa shape index (κ3) is 12.0. The van der Waals surface area contributed by atoms with Crippen molar-refractivity contribution in [3.8, 4) is 0 Å². The van der Waals surface area contributed by atoms with Crippen LogP contribution >= 0.6 is 11.8 Å². The Hall–Kier alpha value is -2.17. The molecule has 8 nitrogen and oxygen atoms in total. The number of carbonyl (C=O) groups is 2. The molecule has 1 spiro atoms. The molecule has 0 radical (unpaired) electrons. The second kappa shape index (κ2) is 18.0. The molecule has 2 fully saturated rings. The van der Waals surface area contributed by atoms with Crippen molar-refractivity contribution in [2.24, 2.45) is 11.8 Å². The maximum absolute atomic E-state index is 11.2. The van der Waals surface area contributed by atoms with Crippen LogP contribution in [0, 0.1) is 11.8 Å². The first-order valence-corrected chi connectivity index (χ1v) is 16.8. The monoisotopic (exact) mass is 620 g/mol. The maximum atomic E-state index is 11.2. The molecule has 0 bridgehead atoms. The van der Waals surface area contributed by atoms with E-state index in [1.807, 2.05) is 31.4 Å². The zero-order chi connectivity index (χ0) is 32.0. The van der Waals surface area contributed by atoms with Gasteiger partial charge in [-0.05, 0) is 57.3 Å². The lowest BCUT2D eigenvalue weighted by Crippen LogP contribution is -2.59. The van der Waals surface area contributed by atoms with Gasteiger partial charge in [-0.25, -0.2) is 9.59 Å². The molecule has 2 saturated heterocycles. The number of hydrogen-bond acceptors (Lipinski definition) is 7. The maximum Gasteiger partial charge on any atom is 0.328 e. The van der Waals surface area contributed by atoms with E-state index in [-0.39, 0.29) is 18.1 Å². The highest BCUT2D eigenvalue weighted by Gasteiger charge is 2.53. The zero-order valence-electron chi connectivity index (χ0n) is 26.7. The average Bonchev–Trinajstić information content (AvgIpc) is 2.96. The Balaban J connectivity index is 2.23. The molecule has 43 heavy (non-hydrogen) atoms. The topological polar surface area (TPSA) is 123 Å². The highest BCUT2D eigenvalue weighted by Crippen LogP contribution is 2.48. The minimum absolute atomic E-state index is 0.0482. The Bertz CT molecular complexity index is 1050. The van der Waals surface area contributed by atoms with Crippen molar-refractivity contribution in [1.29, 1.82) is 0 Å². The van der Waals surface area contributed by atoms with Crippen LogP contribution in [0.3, 0.4) is 0 Å². The minimum Gasteiger partial charge on any atom is -0.478 e. The molecule has 0 aromatic rings. The number of hydrogen-bond donors (Lipinski definition) is 3. The molecule has 0 aromatic heterocycles. The van der Waals surface area contributed by atoms with Gasteiger partial charge in [0.05, 0.1) is 23.7 Å². The Morgan fingerprint density at radius 1 is 1.05 bits per heavy atom. The molecule has 2 aliphatic rings. The number of ether oxygens (including phenoxy) is 3. The molecule has 9 heteroatoms. The summed E-state index contributed by atoms with van der Waals surface area (Å²) in [5, 5.41) is 28.3. The number of unbranched alkanes of at least 4 members (excludes halogenated alkanes) is 1. The summed E-state index contributed by atoms with van der Waals surface area (Å²) >= 11 is 1.63. The first-order valence-electron chi connectivity index (χ1n) is 15.4. The molecule has 0 aromatic carbocycles. The van der Waals surface area contributed by atoms with Crippen molar-refractivity contribution >= 4 is 23.7 Å². The van der Waals surface area contributed by atoms with E-state index in [9.17, 15) is 19.8 Å². The van der Waals surface area contributed by atoms with Crippen molar-refractivity contribution in [3.05, 3.63) is 59.8 Å². The molecule has 0 aliphatic carbocycles. The van der Waals surface area contributed by atoms with Gasteiger partial charge in [0.15, 0.2) is 5.79 Å². The van der Waals surface area contributed by atoms with Crippen LogP contribution in [0.1, 0.15) is 86.0 Å². The van der Waals surface area contributed by atoms with Crippen LogP contribution in [-0.4, -0.2) is 69.2 Å². The fourth-order valence-corrected chi connectivity index (χ4v) is 5.92. The third-order valence-electron chi connectivity index (χ3n) is 8.38. The molecule has 2 aliphatic heterocycles.